The zero-order valence-electron chi connectivity index (χ0n) is 10.5. The Kier molecular flexibility index (Phi) is 6.85. The van der Waals surface area contributed by atoms with Gasteiger partial charge < -0.3 is 0 Å². The second-order valence-electron chi connectivity index (χ2n) is 4.03. The molecule has 0 heterocycles. The molecule has 19 heavy (non-hydrogen) atoms. The normalized spacial score (nSPS) is 11.2. The van der Waals surface area contributed by atoms with Crippen LogP contribution in [0.4, 0.5) is 0 Å². The largest absolute Gasteiger partial charge is 0.144 e. The van der Waals surface area contributed by atoms with Crippen LogP contribution in [0.5, 0.6) is 0 Å². The van der Waals surface area contributed by atoms with Gasteiger partial charge >= 0.3 is 0 Å². The Bertz CT molecular complexity index is 449. The van der Waals surface area contributed by atoms with Gasteiger partial charge in [0.1, 0.15) is 4.07 Å². The third-order valence-corrected chi connectivity index (χ3v) is 6.93. The van der Waals surface area contributed by atoms with Crippen LogP contribution in [0.25, 0.3) is 0 Å². The van der Waals surface area contributed by atoms with Crippen LogP contribution in [-0.4, -0.2) is 4.07 Å². The van der Waals surface area contributed by atoms with Crippen molar-refractivity contribution >= 4 is 41.7 Å². The van der Waals surface area contributed by atoms with Crippen LogP contribution in [-0.2, 0) is 16.5 Å². The van der Waals surface area contributed by atoms with E-state index in [9.17, 15) is 0 Å². The van der Waals surface area contributed by atoms with Gasteiger partial charge in [-0.1, -0.05) is 90.8 Å². The molecule has 0 aliphatic rings. The van der Waals surface area contributed by atoms with Crippen molar-refractivity contribution in [3.63, 3.8) is 0 Å². The number of hydrogen-bond donors (Lipinski definition) is 0. The summed E-state index contributed by atoms with van der Waals surface area (Å²) in [5.41, 5.74) is 0. The van der Waals surface area contributed by atoms with E-state index in [1.165, 1.54) is 10.6 Å². The maximum Gasteiger partial charge on any atom is 0.144 e. The van der Waals surface area contributed by atoms with Crippen molar-refractivity contribution in [3.05, 3.63) is 60.7 Å². The average Bonchev–Trinajstić information content (AvgIpc) is 2.41. The quantitative estimate of drug-likeness (QED) is 0.425. The molecule has 0 saturated heterocycles. The summed E-state index contributed by atoms with van der Waals surface area (Å²) in [5.74, 6) is 0. The fourth-order valence-electron chi connectivity index (χ4n) is 1.84. The summed E-state index contributed by atoms with van der Waals surface area (Å²) < 4.78 is -0.724. The number of hydrogen-bond acceptors (Lipinski definition) is 0. The zero-order chi connectivity index (χ0) is 13.0. The molecule has 0 atom stereocenters. The number of rotatable bonds is 4. The molecule has 0 aliphatic carbocycles. The number of alkyl halides is 2. The first-order valence-electron chi connectivity index (χ1n) is 5.93. The van der Waals surface area contributed by atoms with Crippen LogP contribution in [0, 0.1) is 0 Å². The first-order chi connectivity index (χ1) is 8.65. The number of halogens is 2. The Balaban J connectivity index is 0.00000180. The van der Waals surface area contributed by atoms with Crippen LogP contribution in [0.2, 0.25) is 0 Å². The third kappa shape index (κ3) is 4.20. The molecule has 0 nitrogen and oxygen atoms in total. The molecule has 2 rings (SSSR count). The molecule has 2 aromatic rings. The molecule has 0 aromatic heterocycles. The predicted octanol–water partition coefficient (Wildman–Crippen LogP) is 4.66. The van der Waals surface area contributed by atoms with Gasteiger partial charge in [-0.05, 0) is 25.0 Å². The monoisotopic (exact) mass is 354 g/mol. The molecule has 0 fully saturated rings. The van der Waals surface area contributed by atoms with Gasteiger partial charge in [0.05, 0.1) is 0 Å². The second-order valence-corrected chi connectivity index (χ2v) is 8.50. The van der Waals surface area contributed by atoms with Gasteiger partial charge in [-0.15, -0.1) is 0 Å². The predicted molar refractivity (Wildman–Crippen MR) is 83.8 cm³/mol. The fourth-order valence-corrected chi connectivity index (χ4v) is 5.32. The summed E-state index contributed by atoms with van der Waals surface area (Å²) in [6, 6.07) is 20.6. The van der Waals surface area contributed by atoms with Crippen molar-refractivity contribution in [1.82, 2.24) is 0 Å². The van der Waals surface area contributed by atoms with Crippen LogP contribution < -0.4 is 10.6 Å². The SMILES string of the molecule is CCC(Cl)(Cl)P(c1ccccc1)c1ccccc1.[Ni]. The van der Waals surface area contributed by atoms with E-state index in [4.69, 9.17) is 23.2 Å². The van der Waals surface area contributed by atoms with Crippen molar-refractivity contribution in [1.29, 1.82) is 0 Å². The van der Waals surface area contributed by atoms with E-state index in [1.54, 1.807) is 0 Å². The zero-order valence-corrected chi connectivity index (χ0v) is 13.9. The first-order valence-corrected chi connectivity index (χ1v) is 8.03. The summed E-state index contributed by atoms with van der Waals surface area (Å²) in [6.07, 6.45) is 0.728. The van der Waals surface area contributed by atoms with Crippen LogP contribution >= 0.6 is 31.1 Å². The molecule has 0 spiro atoms. The second kappa shape index (κ2) is 7.65. The third-order valence-electron chi connectivity index (χ3n) is 2.78. The van der Waals surface area contributed by atoms with Gasteiger partial charge in [-0.3, -0.25) is 0 Å². The van der Waals surface area contributed by atoms with Gasteiger partial charge in [0.15, 0.2) is 0 Å². The van der Waals surface area contributed by atoms with Crippen LogP contribution in [0.1, 0.15) is 13.3 Å². The Labute approximate surface area is 136 Å². The van der Waals surface area contributed by atoms with Crippen LogP contribution in [0.15, 0.2) is 60.7 Å². The van der Waals surface area contributed by atoms with Crippen molar-refractivity contribution in [3.8, 4) is 0 Å². The van der Waals surface area contributed by atoms with Gasteiger partial charge in [-0.25, -0.2) is 0 Å². The summed E-state index contributed by atoms with van der Waals surface area (Å²) in [5, 5.41) is 2.43. The van der Waals surface area contributed by atoms with Crippen LogP contribution in [0.3, 0.4) is 0 Å². The smallest absolute Gasteiger partial charge is 0.0958 e. The maximum absolute atomic E-state index is 6.55. The van der Waals surface area contributed by atoms with Crippen molar-refractivity contribution in [2.24, 2.45) is 0 Å². The van der Waals surface area contributed by atoms with Crippen molar-refractivity contribution in [2.45, 2.75) is 17.4 Å². The Hall–Kier alpha value is -0.0565. The van der Waals surface area contributed by atoms with E-state index in [0.717, 1.165) is 6.42 Å². The van der Waals surface area contributed by atoms with Gasteiger partial charge in [0.2, 0.25) is 0 Å². The van der Waals surface area contributed by atoms with E-state index in [0.29, 0.717) is 0 Å². The average molecular weight is 356 g/mol. The fraction of sp³-hybridized carbons (Fsp3) is 0.200. The molecular weight excluding hydrogens is 341 g/mol. The summed E-state index contributed by atoms with van der Waals surface area (Å²) in [4.78, 5) is 0. The minimum absolute atomic E-state index is 0. The van der Waals surface area contributed by atoms with Gasteiger partial charge in [-0.2, -0.15) is 0 Å². The Morgan fingerprint density at radius 1 is 0.842 bits per heavy atom. The topological polar surface area (TPSA) is 0 Å². The Morgan fingerprint density at radius 2 is 1.21 bits per heavy atom. The molecule has 2 aromatic carbocycles. The van der Waals surface area contributed by atoms with Crippen molar-refractivity contribution < 1.29 is 16.5 Å². The molecule has 0 bridgehead atoms. The molecule has 0 radical (unpaired) electrons. The summed E-state index contributed by atoms with van der Waals surface area (Å²) in [7, 11) is -0.763. The summed E-state index contributed by atoms with van der Waals surface area (Å²) in [6.45, 7) is 2.03. The molecule has 0 amide bonds. The van der Waals surface area contributed by atoms with E-state index in [1.807, 2.05) is 43.3 Å². The molecule has 0 aliphatic heterocycles. The molecular formula is C15H15Cl2NiP. The minimum Gasteiger partial charge on any atom is -0.0958 e. The molecule has 4 heteroatoms. The van der Waals surface area contributed by atoms with Gasteiger partial charge in [0, 0.05) is 16.5 Å². The first kappa shape index (κ1) is 17.0. The molecule has 104 valence electrons. The number of benzene rings is 2. The molecule has 0 N–H and O–H groups in total. The van der Waals surface area contributed by atoms with Crippen molar-refractivity contribution in [2.75, 3.05) is 0 Å². The van der Waals surface area contributed by atoms with E-state index in [-0.39, 0.29) is 16.5 Å². The molecule has 0 unspecified atom stereocenters. The molecule has 0 saturated carbocycles. The van der Waals surface area contributed by atoms with Gasteiger partial charge in [0.25, 0.3) is 0 Å². The standard InChI is InChI=1S/C15H15Cl2P.Ni/c1-2-15(16,17)18(13-9-5-3-6-10-13)14-11-7-4-8-12-14;/h3-12H,2H2,1H3;. The maximum atomic E-state index is 6.55. The summed E-state index contributed by atoms with van der Waals surface area (Å²) >= 11 is 13.1. The van der Waals surface area contributed by atoms with E-state index >= 15 is 0 Å². The Morgan fingerprint density at radius 3 is 1.53 bits per heavy atom. The van der Waals surface area contributed by atoms with E-state index < -0.39 is 12.0 Å². The minimum atomic E-state index is -0.763. The van der Waals surface area contributed by atoms with E-state index in [2.05, 4.69) is 24.3 Å².